The number of amides is 2. The zero-order valence-corrected chi connectivity index (χ0v) is 18.1. The van der Waals surface area contributed by atoms with Crippen molar-refractivity contribution in [1.29, 1.82) is 0 Å². The first-order chi connectivity index (χ1) is 15.4. The predicted octanol–water partition coefficient (Wildman–Crippen LogP) is 3.78. The maximum Gasteiger partial charge on any atom is 0.420 e. The van der Waals surface area contributed by atoms with E-state index < -0.39 is 35.7 Å². The minimum atomic E-state index is -5.21. The van der Waals surface area contributed by atoms with Crippen molar-refractivity contribution in [3.05, 3.63) is 59.7 Å². The molecule has 0 aliphatic heterocycles. The Labute approximate surface area is 188 Å². The number of hydrogen-bond donors (Lipinski definition) is 2. The highest BCUT2D eigenvalue weighted by Crippen LogP contribution is 2.44. The molecule has 10 heteroatoms. The summed E-state index contributed by atoms with van der Waals surface area (Å²) < 4.78 is 46.6. The molecule has 1 aliphatic rings. The van der Waals surface area contributed by atoms with E-state index >= 15 is 0 Å². The van der Waals surface area contributed by atoms with E-state index in [1.54, 1.807) is 5.32 Å². The molecule has 2 N–H and O–H groups in total. The van der Waals surface area contributed by atoms with Gasteiger partial charge in [-0.2, -0.15) is 13.2 Å². The summed E-state index contributed by atoms with van der Waals surface area (Å²) in [5.41, 5.74) is 0.254. The van der Waals surface area contributed by atoms with Crippen molar-refractivity contribution in [3.63, 3.8) is 0 Å². The molecule has 0 heterocycles. The number of rotatable bonds is 6. The number of likely N-dealkylation sites (N-methyl/N-ethyl adjacent to an activating group) is 1. The Bertz CT molecular complexity index is 1040. The van der Waals surface area contributed by atoms with Crippen molar-refractivity contribution in [2.45, 2.75) is 37.5 Å². The molecule has 2 aromatic rings. The Balaban J connectivity index is 1.78. The average Bonchev–Trinajstić information content (AvgIpc) is 3.09. The number of carbonyl (C=O) groups is 3. The molecule has 176 valence electrons. The summed E-state index contributed by atoms with van der Waals surface area (Å²) in [6.45, 7) is 1.29. The molecule has 0 radical (unpaired) electrons. The standard InChI is InChI=1S/C23H23F3N2O5/c1-13(19(29)30)28(3)20(31)22(2,23(24,25)26)27-21(32)33-12-18-16-10-6-4-8-14(16)15-9-5-7-11-17(15)18/h4-11,13,18H,12H2,1-3H3,(H,27,32)(H,29,30). The highest BCUT2D eigenvalue weighted by molar-refractivity contribution is 5.93. The van der Waals surface area contributed by atoms with Gasteiger partial charge < -0.3 is 14.7 Å². The van der Waals surface area contributed by atoms with Crippen LogP contribution in [0.2, 0.25) is 0 Å². The SMILES string of the molecule is CC(C(=O)O)N(C)C(=O)C(C)(NC(=O)OCC1c2ccccc2-c2ccccc21)C(F)(F)F. The number of benzene rings is 2. The topological polar surface area (TPSA) is 95.9 Å². The number of ether oxygens (including phenoxy) is 1. The van der Waals surface area contributed by atoms with Gasteiger partial charge in [0.15, 0.2) is 0 Å². The number of nitrogens with zero attached hydrogens (tertiary/aromatic N) is 1. The van der Waals surface area contributed by atoms with E-state index in [-0.39, 0.29) is 12.5 Å². The highest BCUT2D eigenvalue weighted by atomic mass is 19.4. The van der Waals surface area contributed by atoms with E-state index in [0.29, 0.717) is 11.8 Å². The quantitative estimate of drug-likeness (QED) is 0.679. The normalized spacial score (nSPS) is 15.6. The molecule has 0 spiro atoms. The third-order valence-corrected chi connectivity index (χ3v) is 5.95. The Morgan fingerprint density at radius 1 is 1.06 bits per heavy atom. The number of fused-ring (bicyclic) bond motifs is 3. The van der Waals surface area contributed by atoms with E-state index in [2.05, 4.69) is 0 Å². The number of nitrogens with one attached hydrogen (secondary N) is 1. The molecule has 33 heavy (non-hydrogen) atoms. The van der Waals surface area contributed by atoms with Gasteiger partial charge in [0.25, 0.3) is 5.91 Å². The van der Waals surface area contributed by atoms with Gasteiger partial charge in [0.05, 0.1) is 0 Å². The zero-order valence-electron chi connectivity index (χ0n) is 18.1. The minimum absolute atomic E-state index is 0.247. The number of aliphatic carboxylic acids is 1. The molecule has 2 atom stereocenters. The molecule has 2 amide bonds. The fraction of sp³-hybridized carbons (Fsp3) is 0.348. The molecular weight excluding hydrogens is 441 g/mol. The Hall–Kier alpha value is -3.56. The number of halogens is 3. The zero-order chi connectivity index (χ0) is 24.6. The van der Waals surface area contributed by atoms with Crippen LogP contribution in [0.4, 0.5) is 18.0 Å². The van der Waals surface area contributed by atoms with Crippen molar-refractivity contribution < 1.29 is 37.4 Å². The first-order valence-electron chi connectivity index (χ1n) is 10.1. The van der Waals surface area contributed by atoms with E-state index in [4.69, 9.17) is 9.84 Å². The van der Waals surface area contributed by atoms with Gasteiger partial charge in [0.1, 0.15) is 12.6 Å². The van der Waals surface area contributed by atoms with Crippen molar-refractivity contribution >= 4 is 18.0 Å². The number of carbonyl (C=O) groups excluding carboxylic acids is 2. The molecular formula is C23H23F3N2O5. The first kappa shape index (κ1) is 24.1. The predicted molar refractivity (Wildman–Crippen MR) is 113 cm³/mol. The summed E-state index contributed by atoms with van der Waals surface area (Å²) in [7, 11) is 0.921. The van der Waals surface area contributed by atoms with Crippen LogP contribution in [0.5, 0.6) is 0 Å². The van der Waals surface area contributed by atoms with Crippen LogP contribution in [0.25, 0.3) is 11.1 Å². The number of hydrogen-bond acceptors (Lipinski definition) is 4. The lowest BCUT2D eigenvalue weighted by Crippen LogP contribution is -2.66. The Kier molecular flexibility index (Phi) is 6.40. The minimum Gasteiger partial charge on any atom is -0.480 e. The summed E-state index contributed by atoms with van der Waals surface area (Å²) in [5, 5.41) is 10.6. The van der Waals surface area contributed by atoms with Gasteiger partial charge in [-0.05, 0) is 36.1 Å². The summed E-state index contributed by atoms with van der Waals surface area (Å²) >= 11 is 0. The smallest absolute Gasteiger partial charge is 0.420 e. The molecule has 7 nitrogen and oxygen atoms in total. The second-order valence-electron chi connectivity index (χ2n) is 8.00. The van der Waals surface area contributed by atoms with Crippen LogP contribution in [0.15, 0.2) is 48.5 Å². The van der Waals surface area contributed by atoms with Gasteiger partial charge in [-0.1, -0.05) is 48.5 Å². The number of carboxylic acids is 1. The molecule has 0 bridgehead atoms. The van der Waals surface area contributed by atoms with Gasteiger partial charge in [0.2, 0.25) is 5.54 Å². The summed E-state index contributed by atoms with van der Waals surface area (Å²) in [6, 6.07) is 13.3. The molecule has 0 aromatic heterocycles. The first-order valence-corrected chi connectivity index (χ1v) is 10.1. The lowest BCUT2D eigenvalue weighted by atomic mass is 9.98. The van der Waals surface area contributed by atoms with Gasteiger partial charge in [-0.15, -0.1) is 0 Å². The van der Waals surface area contributed by atoms with Gasteiger partial charge in [-0.3, -0.25) is 10.1 Å². The van der Waals surface area contributed by atoms with Crippen LogP contribution in [0.3, 0.4) is 0 Å². The molecule has 0 saturated carbocycles. The highest BCUT2D eigenvalue weighted by Gasteiger charge is 2.60. The second kappa shape index (κ2) is 8.76. The van der Waals surface area contributed by atoms with Crippen molar-refractivity contribution in [2.75, 3.05) is 13.7 Å². The fourth-order valence-electron chi connectivity index (χ4n) is 3.78. The summed E-state index contributed by atoms with van der Waals surface area (Å²) in [4.78, 5) is 36.5. The van der Waals surface area contributed by atoms with E-state index in [0.717, 1.165) is 36.2 Å². The number of carboxylic acid groups (broad SMARTS) is 1. The van der Waals surface area contributed by atoms with E-state index in [1.165, 1.54) is 0 Å². The lowest BCUT2D eigenvalue weighted by Gasteiger charge is -2.35. The second-order valence-corrected chi connectivity index (χ2v) is 8.00. The molecule has 0 fully saturated rings. The maximum absolute atomic E-state index is 13.8. The van der Waals surface area contributed by atoms with Gasteiger partial charge >= 0.3 is 18.2 Å². The van der Waals surface area contributed by atoms with E-state index in [1.807, 2.05) is 48.5 Å². The number of alkyl halides is 3. The van der Waals surface area contributed by atoms with Crippen molar-refractivity contribution in [3.8, 4) is 11.1 Å². The molecule has 0 saturated heterocycles. The maximum atomic E-state index is 13.8. The Morgan fingerprint density at radius 2 is 1.55 bits per heavy atom. The summed E-state index contributed by atoms with van der Waals surface area (Å²) in [6.07, 6.45) is -6.65. The molecule has 3 rings (SSSR count). The monoisotopic (exact) mass is 464 g/mol. The largest absolute Gasteiger partial charge is 0.480 e. The molecule has 2 unspecified atom stereocenters. The third-order valence-electron chi connectivity index (χ3n) is 5.95. The van der Waals surface area contributed by atoms with Crippen molar-refractivity contribution in [1.82, 2.24) is 10.2 Å². The molecule has 1 aliphatic carbocycles. The van der Waals surface area contributed by atoms with Crippen LogP contribution in [0.1, 0.15) is 30.9 Å². The third kappa shape index (κ3) is 4.37. The van der Waals surface area contributed by atoms with Crippen LogP contribution < -0.4 is 5.32 Å². The lowest BCUT2D eigenvalue weighted by molar-refractivity contribution is -0.201. The van der Waals surface area contributed by atoms with Crippen LogP contribution in [-0.4, -0.2) is 59.4 Å². The van der Waals surface area contributed by atoms with Crippen LogP contribution >= 0.6 is 0 Å². The average molecular weight is 464 g/mol. The fourth-order valence-corrected chi connectivity index (χ4v) is 3.78. The molecule has 2 aromatic carbocycles. The van der Waals surface area contributed by atoms with Gasteiger partial charge in [0, 0.05) is 13.0 Å². The van der Waals surface area contributed by atoms with E-state index in [9.17, 15) is 27.6 Å². The van der Waals surface area contributed by atoms with Gasteiger partial charge in [-0.25, -0.2) is 9.59 Å². The number of alkyl carbamates (subject to hydrolysis) is 1. The summed E-state index contributed by atoms with van der Waals surface area (Å²) in [5.74, 6) is -3.50. The van der Waals surface area contributed by atoms with Crippen LogP contribution in [0, 0.1) is 0 Å². The van der Waals surface area contributed by atoms with Crippen molar-refractivity contribution in [2.24, 2.45) is 0 Å². The Morgan fingerprint density at radius 3 is 2.00 bits per heavy atom. The van der Waals surface area contributed by atoms with Crippen LogP contribution in [-0.2, 0) is 14.3 Å².